The van der Waals surface area contributed by atoms with Crippen LogP contribution in [0.4, 0.5) is 0 Å². The number of ketones is 1. The summed E-state index contributed by atoms with van der Waals surface area (Å²) in [6.45, 7) is 13.3. The molecule has 4 fully saturated rings. The Labute approximate surface area is 205 Å². The van der Waals surface area contributed by atoms with E-state index in [4.69, 9.17) is 14.2 Å². The fourth-order valence-corrected chi connectivity index (χ4v) is 8.53. The first-order chi connectivity index (χ1) is 16.1. The van der Waals surface area contributed by atoms with Crippen molar-refractivity contribution in [3.05, 3.63) is 12.2 Å². The molecular weight excluding hydrogens is 456 g/mol. The first-order valence-corrected chi connectivity index (χ1v) is 12.2. The van der Waals surface area contributed by atoms with Crippen LogP contribution >= 0.6 is 0 Å². The van der Waals surface area contributed by atoms with E-state index in [9.17, 15) is 29.4 Å². The highest BCUT2D eigenvalue weighted by atomic mass is 16.6. The fraction of sp³-hybridized carbons (Fsp3) is 0.769. The van der Waals surface area contributed by atoms with Crippen LogP contribution in [0.15, 0.2) is 12.2 Å². The van der Waals surface area contributed by atoms with Gasteiger partial charge in [-0.05, 0) is 24.3 Å². The van der Waals surface area contributed by atoms with Crippen LogP contribution in [0.1, 0.15) is 60.8 Å². The van der Waals surface area contributed by atoms with Gasteiger partial charge in [0, 0.05) is 49.9 Å². The van der Waals surface area contributed by atoms with Gasteiger partial charge in [0.1, 0.15) is 18.3 Å². The highest BCUT2D eigenvalue weighted by Crippen LogP contribution is 2.72. The minimum atomic E-state index is -1.40. The van der Waals surface area contributed by atoms with E-state index in [1.807, 2.05) is 20.8 Å². The summed E-state index contributed by atoms with van der Waals surface area (Å²) >= 11 is 0. The first kappa shape index (κ1) is 25.8. The van der Waals surface area contributed by atoms with E-state index in [1.165, 1.54) is 20.8 Å². The van der Waals surface area contributed by atoms with Crippen molar-refractivity contribution in [3.8, 4) is 0 Å². The van der Waals surface area contributed by atoms with E-state index >= 15 is 0 Å². The van der Waals surface area contributed by atoms with Gasteiger partial charge < -0.3 is 24.4 Å². The predicted molar refractivity (Wildman–Crippen MR) is 121 cm³/mol. The van der Waals surface area contributed by atoms with Gasteiger partial charge in [-0.15, -0.1) is 0 Å². The molecule has 4 saturated carbocycles. The number of fused-ring (bicyclic) bond motifs is 3. The lowest BCUT2D eigenvalue weighted by Crippen LogP contribution is -2.76. The van der Waals surface area contributed by atoms with Crippen molar-refractivity contribution in [2.75, 3.05) is 0 Å². The van der Waals surface area contributed by atoms with Crippen LogP contribution < -0.4 is 0 Å². The molecule has 0 aromatic rings. The Balaban J connectivity index is 1.98. The summed E-state index contributed by atoms with van der Waals surface area (Å²) in [6, 6.07) is 0. The highest BCUT2D eigenvalue weighted by Gasteiger charge is 2.79. The number of carbonyl (C=O) groups excluding carboxylic acids is 4. The third-order valence-electron chi connectivity index (χ3n) is 9.42. The second-order valence-corrected chi connectivity index (χ2v) is 11.7. The van der Waals surface area contributed by atoms with Crippen LogP contribution in [0, 0.1) is 34.0 Å². The van der Waals surface area contributed by atoms with Gasteiger partial charge in [-0.1, -0.05) is 27.4 Å². The lowest BCUT2D eigenvalue weighted by Gasteiger charge is -2.69. The van der Waals surface area contributed by atoms with Gasteiger partial charge in [0.15, 0.2) is 5.78 Å². The monoisotopic (exact) mass is 492 g/mol. The van der Waals surface area contributed by atoms with Crippen LogP contribution in [-0.2, 0) is 33.4 Å². The molecule has 2 N–H and O–H groups in total. The second kappa shape index (κ2) is 8.13. The molecule has 0 heterocycles. The summed E-state index contributed by atoms with van der Waals surface area (Å²) in [5.41, 5.74) is -3.04. The molecule has 0 aliphatic heterocycles. The van der Waals surface area contributed by atoms with Gasteiger partial charge in [0.05, 0.1) is 17.6 Å². The van der Waals surface area contributed by atoms with Crippen LogP contribution in [0.2, 0.25) is 0 Å². The van der Waals surface area contributed by atoms with Crippen LogP contribution in [0.3, 0.4) is 0 Å². The van der Waals surface area contributed by atoms with Crippen molar-refractivity contribution >= 4 is 23.7 Å². The molecule has 194 valence electrons. The Hall–Kier alpha value is -2.26. The fourth-order valence-electron chi connectivity index (χ4n) is 8.53. The molecular formula is C26H36O9. The van der Waals surface area contributed by atoms with Gasteiger partial charge in [0.25, 0.3) is 0 Å². The zero-order valence-corrected chi connectivity index (χ0v) is 21.2. The molecule has 1 spiro atoms. The number of esters is 3. The van der Waals surface area contributed by atoms with Gasteiger partial charge in [-0.25, -0.2) is 0 Å². The molecule has 35 heavy (non-hydrogen) atoms. The molecule has 0 saturated heterocycles. The number of Topliss-reactive ketones (excluding diaryl/α,β-unsaturated/α-hetero) is 1. The molecule has 0 amide bonds. The van der Waals surface area contributed by atoms with Crippen molar-refractivity contribution in [1.82, 2.24) is 0 Å². The average Bonchev–Trinajstić information content (AvgIpc) is 2.89. The Bertz CT molecular complexity index is 985. The average molecular weight is 493 g/mol. The van der Waals surface area contributed by atoms with Crippen LogP contribution in [-0.4, -0.2) is 64.4 Å². The standard InChI is InChI=1S/C26H36O9/c1-11-15-8-16(30)20-25(7)18(34-13(3)28)9-17(33-12(2)27)24(5,6)21(25)19(31)23(35-14(4)29)26(20,10-15)22(11)32/h15-21,23,30-31H,1,8-10H2,2-7H3. The smallest absolute Gasteiger partial charge is 0.303 e. The lowest BCUT2D eigenvalue weighted by molar-refractivity contribution is -0.307. The van der Waals surface area contributed by atoms with E-state index in [-0.39, 0.29) is 24.5 Å². The number of ether oxygens (including phenoxy) is 3. The minimum absolute atomic E-state index is 0.141. The molecule has 10 atom stereocenters. The van der Waals surface area contributed by atoms with Crippen molar-refractivity contribution in [2.24, 2.45) is 34.0 Å². The predicted octanol–water partition coefficient (Wildman–Crippen LogP) is 1.72. The van der Waals surface area contributed by atoms with Crippen molar-refractivity contribution < 1.29 is 43.6 Å². The molecule has 0 aromatic heterocycles. The maximum absolute atomic E-state index is 13.9. The lowest BCUT2D eigenvalue weighted by atomic mass is 9.37. The number of allylic oxidation sites excluding steroid dienone is 1. The van der Waals surface area contributed by atoms with E-state index in [2.05, 4.69) is 6.58 Å². The van der Waals surface area contributed by atoms with Crippen LogP contribution in [0.5, 0.6) is 0 Å². The summed E-state index contributed by atoms with van der Waals surface area (Å²) in [7, 11) is 0. The summed E-state index contributed by atoms with van der Waals surface area (Å²) < 4.78 is 17.2. The normalized spacial score (nSPS) is 45.7. The second-order valence-electron chi connectivity index (χ2n) is 11.7. The number of hydrogen-bond acceptors (Lipinski definition) is 9. The quantitative estimate of drug-likeness (QED) is 0.343. The molecule has 10 unspecified atom stereocenters. The number of aliphatic hydroxyl groups excluding tert-OH is 2. The molecule has 4 aliphatic rings. The summed E-state index contributed by atoms with van der Waals surface area (Å²) in [6.07, 6.45) is -4.46. The first-order valence-electron chi connectivity index (χ1n) is 12.2. The largest absolute Gasteiger partial charge is 0.462 e. The molecule has 2 bridgehead atoms. The highest BCUT2D eigenvalue weighted by molar-refractivity contribution is 6.04. The molecule has 9 nitrogen and oxygen atoms in total. The molecule has 4 aliphatic carbocycles. The zero-order chi connectivity index (χ0) is 26.2. The SMILES string of the molecule is C=C1C(=O)C23CC1CC(O)C2C1(C)C(OC(C)=O)CC(OC(C)=O)C(C)(C)C1C(O)C3OC(C)=O. The maximum atomic E-state index is 13.9. The van der Waals surface area contributed by atoms with Gasteiger partial charge in [0.2, 0.25) is 0 Å². The van der Waals surface area contributed by atoms with Crippen LogP contribution in [0.25, 0.3) is 0 Å². The third kappa shape index (κ3) is 3.41. The third-order valence-corrected chi connectivity index (χ3v) is 9.42. The number of hydrogen-bond donors (Lipinski definition) is 2. The summed E-state index contributed by atoms with van der Waals surface area (Å²) in [5, 5.41) is 23.5. The Kier molecular flexibility index (Phi) is 6.00. The van der Waals surface area contributed by atoms with Crippen molar-refractivity contribution in [3.63, 3.8) is 0 Å². The molecule has 4 rings (SSSR count). The van der Waals surface area contributed by atoms with E-state index in [0.717, 1.165) is 0 Å². The number of aliphatic hydroxyl groups is 2. The number of carbonyl (C=O) groups is 4. The summed E-state index contributed by atoms with van der Waals surface area (Å²) in [4.78, 5) is 50.3. The van der Waals surface area contributed by atoms with E-state index in [1.54, 1.807) is 0 Å². The maximum Gasteiger partial charge on any atom is 0.303 e. The Morgan fingerprint density at radius 2 is 1.43 bits per heavy atom. The zero-order valence-electron chi connectivity index (χ0n) is 21.2. The van der Waals surface area contributed by atoms with Gasteiger partial charge in [-0.3, -0.25) is 19.2 Å². The minimum Gasteiger partial charge on any atom is -0.462 e. The van der Waals surface area contributed by atoms with Crippen molar-refractivity contribution in [2.45, 2.75) is 91.3 Å². The van der Waals surface area contributed by atoms with Gasteiger partial charge >= 0.3 is 17.9 Å². The topological polar surface area (TPSA) is 136 Å². The Morgan fingerprint density at radius 1 is 0.886 bits per heavy atom. The summed E-state index contributed by atoms with van der Waals surface area (Å²) in [5.74, 6) is -3.91. The number of rotatable bonds is 3. The van der Waals surface area contributed by atoms with Crippen molar-refractivity contribution in [1.29, 1.82) is 0 Å². The van der Waals surface area contributed by atoms with E-state index in [0.29, 0.717) is 12.0 Å². The van der Waals surface area contributed by atoms with E-state index < -0.39 is 76.5 Å². The molecule has 9 heteroatoms. The molecule has 0 aromatic carbocycles. The Morgan fingerprint density at radius 3 is 1.97 bits per heavy atom. The molecule has 0 radical (unpaired) electrons. The van der Waals surface area contributed by atoms with Gasteiger partial charge in [-0.2, -0.15) is 0 Å².